The molecule has 0 unspecified atom stereocenters. The van der Waals surface area contributed by atoms with Gasteiger partial charge in [-0.25, -0.2) is 4.79 Å². The summed E-state index contributed by atoms with van der Waals surface area (Å²) >= 11 is 0. The maximum Gasteiger partial charge on any atom is 0.331 e. The van der Waals surface area contributed by atoms with Gasteiger partial charge in [-0.05, 0) is 28.7 Å². The van der Waals surface area contributed by atoms with Crippen molar-refractivity contribution < 1.29 is 9.90 Å². The summed E-state index contributed by atoms with van der Waals surface area (Å²) in [5, 5.41) is 11.7. The summed E-state index contributed by atoms with van der Waals surface area (Å²) in [7, 11) is 1.52. The summed E-state index contributed by atoms with van der Waals surface area (Å²) in [5.74, 6) is -0.611. The van der Waals surface area contributed by atoms with Gasteiger partial charge < -0.3 is 9.67 Å². The van der Waals surface area contributed by atoms with Gasteiger partial charge in [0, 0.05) is 44.9 Å². The summed E-state index contributed by atoms with van der Waals surface area (Å²) in [6, 6.07) is 14.4. The summed E-state index contributed by atoms with van der Waals surface area (Å²) in [6.07, 6.45) is 6.61. The zero-order valence-electron chi connectivity index (χ0n) is 20.4. The quantitative estimate of drug-likeness (QED) is 0.367. The number of aliphatic carboxylic acids is 1. The van der Waals surface area contributed by atoms with E-state index >= 15 is 0 Å². The fraction of sp³-hybridized carbons (Fsp3) is 0.321. The molecule has 0 spiro atoms. The number of carboxylic acid groups (broad SMARTS) is 1. The highest BCUT2D eigenvalue weighted by Gasteiger charge is 2.19. The van der Waals surface area contributed by atoms with Crippen LogP contribution in [-0.4, -0.2) is 24.8 Å². The summed E-state index contributed by atoms with van der Waals surface area (Å²) < 4.78 is 4.94. The molecule has 35 heavy (non-hydrogen) atoms. The van der Waals surface area contributed by atoms with Crippen LogP contribution in [0.25, 0.3) is 21.7 Å². The van der Waals surface area contributed by atoms with E-state index in [1.165, 1.54) is 11.6 Å². The van der Waals surface area contributed by atoms with Crippen molar-refractivity contribution in [3.05, 3.63) is 92.9 Å². The summed E-state index contributed by atoms with van der Waals surface area (Å²) in [4.78, 5) is 37.2. The van der Waals surface area contributed by atoms with Crippen molar-refractivity contribution in [2.45, 2.75) is 46.2 Å². The van der Waals surface area contributed by atoms with Crippen LogP contribution in [0.3, 0.4) is 0 Å². The molecule has 4 rings (SSSR count). The van der Waals surface area contributed by atoms with Gasteiger partial charge in [0.1, 0.15) is 0 Å². The van der Waals surface area contributed by atoms with Gasteiger partial charge in [-0.2, -0.15) is 0 Å². The molecule has 182 valence electrons. The molecule has 2 aromatic carbocycles. The Balaban J connectivity index is 1.89. The minimum absolute atomic E-state index is 0.0595. The lowest BCUT2D eigenvalue weighted by atomic mass is 10.0. The first-order valence-corrected chi connectivity index (χ1v) is 11.9. The smallest absolute Gasteiger partial charge is 0.331 e. The Morgan fingerprint density at radius 3 is 2.54 bits per heavy atom. The lowest BCUT2D eigenvalue weighted by molar-refractivity contribution is -0.136. The highest BCUT2D eigenvalue weighted by atomic mass is 16.4. The number of hydrogen-bond donors (Lipinski definition) is 1. The Kier molecular flexibility index (Phi) is 7.05. The molecule has 0 aliphatic heterocycles. The Hall–Kier alpha value is -3.87. The van der Waals surface area contributed by atoms with Gasteiger partial charge in [-0.3, -0.25) is 18.7 Å². The molecule has 0 bridgehead atoms. The molecule has 0 amide bonds. The van der Waals surface area contributed by atoms with Crippen molar-refractivity contribution in [2.24, 2.45) is 13.0 Å². The van der Waals surface area contributed by atoms with Crippen LogP contribution < -0.4 is 11.2 Å². The number of aromatic nitrogens is 3. The standard InChI is InChI=1S/C28H31N3O4/c1-19(2)16-31-24-18-30(17-21-12-9-11-20-10-7-8-13-22(20)21)23(14-5-4-6-15-25(32)33)26(24)27(34)29(3)28(31)35/h4-5,7-13,18-19H,6,14-17H2,1-3H3,(H,32,33). The molecule has 7 nitrogen and oxygen atoms in total. The lowest BCUT2D eigenvalue weighted by Crippen LogP contribution is -2.38. The molecule has 0 aliphatic carbocycles. The molecule has 4 aromatic rings. The third-order valence-corrected chi connectivity index (χ3v) is 6.27. The Bertz CT molecular complexity index is 1530. The topological polar surface area (TPSA) is 86.2 Å². The van der Waals surface area contributed by atoms with E-state index in [1.54, 1.807) is 4.57 Å². The van der Waals surface area contributed by atoms with Gasteiger partial charge >= 0.3 is 11.7 Å². The van der Waals surface area contributed by atoms with Crippen LogP contribution in [0.1, 0.15) is 37.9 Å². The van der Waals surface area contributed by atoms with E-state index in [0.717, 1.165) is 22.0 Å². The Morgan fingerprint density at radius 2 is 1.80 bits per heavy atom. The number of nitrogens with zero attached hydrogens (tertiary/aromatic N) is 3. The van der Waals surface area contributed by atoms with E-state index in [4.69, 9.17) is 5.11 Å². The first-order chi connectivity index (χ1) is 16.8. The van der Waals surface area contributed by atoms with Gasteiger partial charge in [0.2, 0.25) is 0 Å². The number of rotatable bonds is 9. The van der Waals surface area contributed by atoms with E-state index in [1.807, 2.05) is 50.4 Å². The van der Waals surface area contributed by atoms with E-state index in [2.05, 4.69) is 28.8 Å². The third-order valence-electron chi connectivity index (χ3n) is 6.27. The molecule has 2 aromatic heterocycles. The number of carbonyl (C=O) groups is 1. The molecule has 7 heteroatoms. The average molecular weight is 474 g/mol. The fourth-order valence-corrected chi connectivity index (χ4v) is 4.59. The Labute approximate surface area is 203 Å². The number of hydrogen-bond acceptors (Lipinski definition) is 3. The number of benzene rings is 2. The second-order valence-corrected chi connectivity index (χ2v) is 9.36. The van der Waals surface area contributed by atoms with E-state index < -0.39 is 5.97 Å². The highest BCUT2D eigenvalue weighted by molar-refractivity contribution is 5.86. The number of fused-ring (bicyclic) bond motifs is 2. The van der Waals surface area contributed by atoms with Crippen LogP contribution >= 0.6 is 0 Å². The summed E-state index contributed by atoms with van der Waals surface area (Å²) in [5.41, 5.74) is 1.95. The van der Waals surface area contributed by atoms with Crippen LogP contribution in [0.2, 0.25) is 0 Å². The first-order valence-electron chi connectivity index (χ1n) is 11.9. The molecule has 0 fully saturated rings. The SMILES string of the molecule is CC(C)Cn1c(=O)n(C)c(=O)c2c(CC=CCCC(=O)O)n(Cc3cccc4ccccc34)cc21. The van der Waals surface area contributed by atoms with Crippen LogP contribution in [0, 0.1) is 5.92 Å². The second-order valence-electron chi connectivity index (χ2n) is 9.36. The van der Waals surface area contributed by atoms with Crippen LogP contribution in [0.4, 0.5) is 0 Å². The van der Waals surface area contributed by atoms with Crippen LogP contribution in [0.15, 0.2) is 70.4 Å². The highest BCUT2D eigenvalue weighted by Crippen LogP contribution is 2.24. The van der Waals surface area contributed by atoms with Crippen molar-refractivity contribution in [3.8, 4) is 0 Å². The third kappa shape index (κ3) is 4.99. The maximum atomic E-state index is 13.3. The van der Waals surface area contributed by atoms with Crippen molar-refractivity contribution in [3.63, 3.8) is 0 Å². The predicted molar refractivity (Wildman–Crippen MR) is 139 cm³/mol. The molecule has 0 saturated carbocycles. The van der Waals surface area contributed by atoms with Gasteiger partial charge in [-0.1, -0.05) is 68.5 Å². The van der Waals surface area contributed by atoms with Crippen molar-refractivity contribution in [1.29, 1.82) is 0 Å². The van der Waals surface area contributed by atoms with E-state index in [9.17, 15) is 14.4 Å². The lowest BCUT2D eigenvalue weighted by Gasteiger charge is -2.12. The second kappa shape index (κ2) is 10.2. The molecule has 1 N–H and O–H groups in total. The van der Waals surface area contributed by atoms with E-state index in [-0.39, 0.29) is 23.6 Å². The van der Waals surface area contributed by atoms with Gasteiger partial charge in [-0.15, -0.1) is 0 Å². The number of allylic oxidation sites excluding steroid dienone is 2. The molecule has 2 heterocycles. The molecule has 0 atom stereocenters. The molecular formula is C28H31N3O4. The zero-order chi connectivity index (χ0) is 25.1. The van der Waals surface area contributed by atoms with Crippen molar-refractivity contribution in [2.75, 3.05) is 0 Å². The molecular weight excluding hydrogens is 442 g/mol. The molecule has 0 saturated heterocycles. The largest absolute Gasteiger partial charge is 0.481 e. The van der Waals surface area contributed by atoms with Crippen LogP contribution in [-0.2, 0) is 31.4 Å². The molecule has 0 radical (unpaired) electrons. The summed E-state index contributed by atoms with van der Waals surface area (Å²) in [6.45, 7) is 5.15. The fourth-order valence-electron chi connectivity index (χ4n) is 4.59. The monoisotopic (exact) mass is 473 g/mol. The number of carboxylic acids is 1. The predicted octanol–water partition coefficient (Wildman–Crippen LogP) is 4.32. The average Bonchev–Trinajstić information content (AvgIpc) is 3.18. The van der Waals surface area contributed by atoms with Gasteiger partial charge in [0.05, 0.1) is 10.9 Å². The minimum Gasteiger partial charge on any atom is -0.481 e. The minimum atomic E-state index is -0.842. The maximum absolute atomic E-state index is 13.3. The van der Waals surface area contributed by atoms with Crippen LogP contribution in [0.5, 0.6) is 0 Å². The van der Waals surface area contributed by atoms with Gasteiger partial charge in [0.25, 0.3) is 5.56 Å². The molecule has 0 aliphatic rings. The van der Waals surface area contributed by atoms with Gasteiger partial charge in [0.15, 0.2) is 0 Å². The Morgan fingerprint density at radius 1 is 1.06 bits per heavy atom. The normalized spacial score (nSPS) is 11.9. The van der Waals surface area contributed by atoms with Crippen molar-refractivity contribution in [1.82, 2.24) is 13.7 Å². The van der Waals surface area contributed by atoms with Crippen molar-refractivity contribution >= 4 is 27.6 Å². The van der Waals surface area contributed by atoms with E-state index in [0.29, 0.717) is 36.8 Å². The first kappa shape index (κ1) is 24.3. The zero-order valence-corrected chi connectivity index (χ0v) is 20.4.